The van der Waals surface area contributed by atoms with Crippen molar-refractivity contribution in [2.24, 2.45) is 5.92 Å². The summed E-state index contributed by atoms with van der Waals surface area (Å²) in [6.45, 7) is 3.74. The van der Waals surface area contributed by atoms with Crippen molar-refractivity contribution in [2.75, 3.05) is 31.6 Å². The second-order valence-electron chi connectivity index (χ2n) is 11.2. The molecule has 0 N–H and O–H groups in total. The number of carbonyl (C=O) groups is 2. The summed E-state index contributed by atoms with van der Waals surface area (Å²) in [6, 6.07) is 13.2. The molecular formula is C31H31FN6O3. The number of nitrogens with zero attached hydrogens (tertiary/aromatic N) is 6. The quantitative estimate of drug-likeness (QED) is 0.334. The van der Waals surface area contributed by atoms with Crippen LogP contribution in [0.3, 0.4) is 0 Å². The van der Waals surface area contributed by atoms with Crippen LogP contribution in [0.2, 0.25) is 0 Å². The van der Waals surface area contributed by atoms with E-state index in [9.17, 15) is 9.59 Å². The molecule has 0 bridgehead atoms. The van der Waals surface area contributed by atoms with Gasteiger partial charge in [-0.15, -0.1) is 0 Å². The van der Waals surface area contributed by atoms with Crippen molar-refractivity contribution in [3.05, 3.63) is 77.0 Å². The maximum Gasteiger partial charge on any atom is 0.310 e. The molecule has 10 heteroatoms. The Kier molecular flexibility index (Phi) is 6.21. The molecular weight excluding hydrogens is 523 g/mol. The number of hydrogen-bond acceptors (Lipinski definition) is 7. The lowest BCUT2D eigenvalue weighted by molar-refractivity contribution is -0.144. The van der Waals surface area contributed by atoms with Crippen molar-refractivity contribution in [2.45, 2.75) is 44.6 Å². The fourth-order valence-electron chi connectivity index (χ4n) is 6.21. The molecule has 0 radical (unpaired) electrons. The number of rotatable bonds is 5. The van der Waals surface area contributed by atoms with E-state index >= 15 is 4.39 Å². The molecule has 1 saturated carbocycles. The first-order valence-electron chi connectivity index (χ1n) is 14.2. The standard InChI is InChI=1S/C31H31FN6O3/c1-18-22-6-4-3-5-19(22)10-12-37(18)30(39)26-14-27(20-7-8-20)38-29(34-26)15-25(35-38)23-16-33-28(13-24(23)32)36-11-9-21(17-36)31(40)41-2/h3-6,13-16,18,20-21H,7-12,17H2,1-2H3/t18-,21+/m1/s1. The maximum atomic E-state index is 15.4. The second-order valence-corrected chi connectivity index (χ2v) is 11.2. The predicted octanol–water partition coefficient (Wildman–Crippen LogP) is 4.57. The third-order valence-corrected chi connectivity index (χ3v) is 8.69. The molecule has 1 aliphatic carbocycles. The first kappa shape index (κ1) is 25.6. The molecule has 0 unspecified atom stereocenters. The van der Waals surface area contributed by atoms with Crippen molar-refractivity contribution in [1.82, 2.24) is 24.5 Å². The molecule has 9 nitrogen and oxygen atoms in total. The van der Waals surface area contributed by atoms with Gasteiger partial charge in [-0.25, -0.2) is 18.9 Å². The summed E-state index contributed by atoms with van der Waals surface area (Å²) in [4.78, 5) is 38.7. The molecule has 5 heterocycles. The maximum absolute atomic E-state index is 15.4. The number of pyridine rings is 1. The number of ether oxygens (including phenoxy) is 1. The zero-order chi connectivity index (χ0) is 28.2. The van der Waals surface area contributed by atoms with Crippen LogP contribution in [0, 0.1) is 11.7 Å². The van der Waals surface area contributed by atoms with Gasteiger partial charge in [-0.2, -0.15) is 5.10 Å². The molecule has 3 aliphatic rings. The van der Waals surface area contributed by atoms with Gasteiger partial charge in [0, 0.05) is 49.6 Å². The van der Waals surface area contributed by atoms with E-state index in [1.807, 2.05) is 28.0 Å². The highest BCUT2D eigenvalue weighted by Crippen LogP contribution is 2.41. The summed E-state index contributed by atoms with van der Waals surface area (Å²) in [5.41, 5.74) is 4.95. The van der Waals surface area contributed by atoms with Crippen LogP contribution in [0.5, 0.6) is 0 Å². The number of anilines is 1. The monoisotopic (exact) mass is 554 g/mol. The molecule has 2 fully saturated rings. The van der Waals surface area contributed by atoms with Gasteiger partial charge in [0.25, 0.3) is 5.91 Å². The van der Waals surface area contributed by atoms with E-state index in [1.165, 1.54) is 30.5 Å². The zero-order valence-corrected chi connectivity index (χ0v) is 23.1. The van der Waals surface area contributed by atoms with Crippen molar-refractivity contribution in [3.8, 4) is 11.3 Å². The van der Waals surface area contributed by atoms with E-state index in [-0.39, 0.29) is 29.4 Å². The second kappa shape index (κ2) is 9.94. The Balaban J connectivity index is 1.19. The molecule has 1 amide bonds. The van der Waals surface area contributed by atoms with Crippen LogP contribution in [0.25, 0.3) is 16.9 Å². The largest absolute Gasteiger partial charge is 0.469 e. The van der Waals surface area contributed by atoms with Crippen LogP contribution in [0.15, 0.2) is 48.7 Å². The van der Waals surface area contributed by atoms with E-state index in [0.29, 0.717) is 54.8 Å². The van der Waals surface area contributed by atoms with Crippen LogP contribution in [-0.4, -0.2) is 63.1 Å². The lowest BCUT2D eigenvalue weighted by Crippen LogP contribution is -2.39. The Hall–Kier alpha value is -4.34. The molecule has 7 rings (SSSR count). The predicted molar refractivity (Wildman–Crippen MR) is 150 cm³/mol. The van der Waals surface area contributed by atoms with Crippen molar-refractivity contribution in [1.29, 1.82) is 0 Å². The van der Waals surface area contributed by atoms with E-state index in [2.05, 4.69) is 24.0 Å². The zero-order valence-electron chi connectivity index (χ0n) is 23.1. The van der Waals surface area contributed by atoms with Crippen LogP contribution in [-0.2, 0) is 16.0 Å². The summed E-state index contributed by atoms with van der Waals surface area (Å²) in [5, 5.41) is 4.71. The summed E-state index contributed by atoms with van der Waals surface area (Å²) in [6.07, 6.45) is 4.96. The minimum Gasteiger partial charge on any atom is -0.469 e. The molecule has 41 heavy (non-hydrogen) atoms. The highest BCUT2D eigenvalue weighted by Gasteiger charge is 2.33. The van der Waals surface area contributed by atoms with E-state index in [1.54, 1.807) is 10.6 Å². The van der Waals surface area contributed by atoms with Gasteiger partial charge in [0.1, 0.15) is 17.3 Å². The summed E-state index contributed by atoms with van der Waals surface area (Å²) >= 11 is 0. The van der Waals surface area contributed by atoms with E-state index in [0.717, 1.165) is 25.0 Å². The number of carbonyl (C=O) groups excluding carboxylic acids is 2. The fraction of sp³-hybridized carbons (Fsp3) is 0.387. The van der Waals surface area contributed by atoms with Crippen molar-refractivity contribution in [3.63, 3.8) is 0 Å². The Morgan fingerprint density at radius 3 is 2.68 bits per heavy atom. The Morgan fingerprint density at radius 2 is 1.90 bits per heavy atom. The topological polar surface area (TPSA) is 92.9 Å². The van der Waals surface area contributed by atoms with Crippen LogP contribution in [0.1, 0.15) is 65.5 Å². The summed E-state index contributed by atoms with van der Waals surface area (Å²) < 4.78 is 22.0. The number of aromatic nitrogens is 4. The Morgan fingerprint density at radius 1 is 1.07 bits per heavy atom. The highest BCUT2D eigenvalue weighted by atomic mass is 19.1. The van der Waals surface area contributed by atoms with Gasteiger partial charge < -0.3 is 14.5 Å². The summed E-state index contributed by atoms with van der Waals surface area (Å²) in [5.74, 6) is -0.289. The SMILES string of the molecule is COC(=O)[C@H]1CCN(c2cc(F)c(-c3cc4nc(C(=O)N5CCc6ccccc6[C@H]5C)cc(C5CC5)n4n3)cn2)C1. The van der Waals surface area contributed by atoms with Crippen LogP contribution < -0.4 is 4.90 Å². The Labute approximate surface area is 237 Å². The smallest absolute Gasteiger partial charge is 0.310 e. The third kappa shape index (κ3) is 4.51. The van der Waals surface area contributed by atoms with Crippen molar-refractivity contribution < 1.29 is 18.7 Å². The molecule has 2 aliphatic heterocycles. The first-order chi connectivity index (χ1) is 19.9. The van der Waals surface area contributed by atoms with Gasteiger partial charge in [0.15, 0.2) is 5.65 Å². The fourth-order valence-corrected chi connectivity index (χ4v) is 6.21. The average molecular weight is 555 g/mol. The lowest BCUT2D eigenvalue weighted by atomic mass is 9.93. The highest BCUT2D eigenvalue weighted by molar-refractivity contribution is 5.93. The minimum absolute atomic E-state index is 0.0486. The number of esters is 1. The van der Waals surface area contributed by atoms with Gasteiger partial charge in [0.05, 0.1) is 30.3 Å². The van der Waals surface area contributed by atoms with E-state index in [4.69, 9.17) is 14.8 Å². The molecule has 3 aromatic heterocycles. The van der Waals surface area contributed by atoms with Gasteiger partial charge in [0.2, 0.25) is 0 Å². The number of benzene rings is 1. The first-order valence-corrected chi connectivity index (χ1v) is 14.2. The molecule has 210 valence electrons. The number of hydrogen-bond donors (Lipinski definition) is 0. The Bertz CT molecular complexity index is 1680. The van der Waals surface area contributed by atoms with Gasteiger partial charge in [-0.1, -0.05) is 24.3 Å². The van der Waals surface area contributed by atoms with Crippen molar-refractivity contribution >= 4 is 23.3 Å². The van der Waals surface area contributed by atoms with Gasteiger partial charge in [-0.3, -0.25) is 9.59 Å². The summed E-state index contributed by atoms with van der Waals surface area (Å²) in [7, 11) is 1.38. The number of methoxy groups -OCH3 is 1. The molecule has 4 aromatic rings. The number of amides is 1. The molecule has 1 aromatic carbocycles. The van der Waals surface area contributed by atoms with E-state index < -0.39 is 5.82 Å². The minimum atomic E-state index is -0.454. The normalized spacial score (nSPS) is 20.4. The lowest BCUT2D eigenvalue weighted by Gasteiger charge is -2.35. The van der Waals surface area contributed by atoms with Crippen LogP contribution >= 0.6 is 0 Å². The number of halogens is 1. The molecule has 0 spiro atoms. The average Bonchev–Trinajstić information content (AvgIpc) is 3.55. The van der Waals surface area contributed by atoms with Gasteiger partial charge >= 0.3 is 5.97 Å². The molecule has 1 saturated heterocycles. The van der Waals surface area contributed by atoms with Gasteiger partial charge in [-0.05, 0) is 49.8 Å². The molecule has 2 atom stereocenters. The number of fused-ring (bicyclic) bond motifs is 2. The van der Waals surface area contributed by atoms with Crippen LogP contribution in [0.4, 0.5) is 10.2 Å². The third-order valence-electron chi connectivity index (χ3n) is 8.69.